The minimum Gasteiger partial charge on any atom is -0.134 e. The molecule has 4 aromatic heterocycles. The summed E-state index contributed by atoms with van der Waals surface area (Å²) in [6.45, 7) is 4.29. The van der Waals surface area contributed by atoms with E-state index in [1.807, 2.05) is 45.3 Å². The quantitative estimate of drug-likeness (QED) is 0.255. The normalized spacial score (nSPS) is 11.3. The van der Waals surface area contributed by atoms with Gasteiger partial charge in [0.1, 0.15) is 0 Å². The van der Waals surface area contributed by atoms with Crippen LogP contribution in [0.25, 0.3) is 29.3 Å². The van der Waals surface area contributed by atoms with Crippen LogP contribution in [0.4, 0.5) is 0 Å². The van der Waals surface area contributed by atoms with Gasteiger partial charge in [-0.3, -0.25) is 0 Å². The van der Waals surface area contributed by atoms with Crippen LogP contribution in [-0.4, -0.2) is 0 Å². The molecule has 0 nitrogen and oxygen atoms in total. The summed E-state index contributed by atoms with van der Waals surface area (Å²) in [4.78, 5) is 8.05. The molecule has 0 aliphatic heterocycles. The lowest BCUT2D eigenvalue weighted by molar-refractivity contribution is 1.53. The maximum atomic E-state index is 3.62. The highest BCUT2D eigenvalue weighted by molar-refractivity contribution is 9.11. The van der Waals surface area contributed by atoms with Gasteiger partial charge in [-0.05, 0) is 93.2 Å². The molecule has 0 atom stereocenters. The first-order chi connectivity index (χ1) is 11.5. The van der Waals surface area contributed by atoms with E-state index < -0.39 is 0 Å². The van der Waals surface area contributed by atoms with Gasteiger partial charge in [0.25, 0.3) is 0 Å². The van der Waals surface area contributed by atoms with Crippen molar-refractivity contribution in [2.75, 3.05) is 0 Å². The van der Waals surface area contributed by atoms with Crippen molar-refractivity contribution in [3.63, 3.8) is 0 Å². The minimum absolute atomic E-state index is 1.23. The van der Waals surface area contributed by atoms with Crippen molar-refractivity contribution in [2.24, 2.45) is 0 Å². The Morgan fingerprint density at radius 2 is 0.875 bits per heavy atom. The van der Waals surface area contributed by atoms with Crippen LogP contribution in [0.3, 0.4) is 0 Å². The zero-order valence-electron chi connectivity index (χ0n) is 12.9. The fraction of sp³-hybridized carbons (Fsp3) is 0.111. The van der Waals surface area contributed by atoms with Crippen LogP contribution in [0.1, 0.15) is 11.1 Å². The highest BCUT2D eigenvalue weighted by Crippen LogP contribution is 2.44. The molecular weight excluding hydrogens is 504 g/mol. The molecule has 4 aromatic rings. The average molecular weight is 516 g/mol. The van der Waals surface area contributed by atoms with E-state index in [-0.39, 0.29) is 0 Å². The zero-order valence-corrected chi connectivity index (χ0v) is 19.3. The van der Waals surface area contributed by atoms with E-state index in [1.54, 1.807) is 0 Å². The van der Waals surface area contributed by atoms with Crippen LogP contribution in [0, 0.1) is 13.8 Å². The number of hydrogen-bond acceptors (Lipinski definition) is 4. The minimum atomic E-state index is 1.23. The fourth-order valence-corrected chi connectivity index (χ4v) is 7.70. The maximum Gasteiger partial charge on any atom is 0.0734 e. The molecule has 24 heavy (non-hydrogen) atoms. The summed E-state index contributed by atoms with van der Waals surface area (Å²) in [5.41, 5.74) is 2.61. The zero-order chi connectivity index (χ0) is 16.8. The Kier molecular flexibility index (Phi) is 4.88. The Labute approximate surface area is 174 Å². The summed E-state index contributed by atoms with van der Waals surface area (Å²) in [5, 5.41) is 0. The fourth-order valence-electron chi connectivity index (χ4n) is 2.37. The van der Waals surface area contributed by atoms with E-state index in [0.717, 1.165) is 0 Å². The molecular formula is C18H12Br2S4. The van der Waals surface area contributed by atoms with Gasteiger partial charge in [0.2, 0.25) is 0 Å². The van der Waals surface area contributed by atoms with Gasteiger partial charge in [-0.2, -0.15) is 0 Å². The summed E-state index contributed by atoms with van der Waals surface area (Å²) in [7, 11) is 0. The van der Waals surface area contributed by atoms with Crippen LogP contribution in [0.2, 0.25) is 0 Å². The molecule has 6 heteroatoms. The number of aryl methyl sites for hydroxylation is 2. The van der Waals surface area contributed by atoms with Crippen molar-refractivity contribution < 1.29 is 0 Å². The van der Waals surface area contributed by atoms with Gasteiger partial charge < -0.3 is 0 Å². The summed E-state index contributed by atoms with van der Waals surface area (Å²) in [5.74, 6) is 0. The number of thiophene rings is 4. The Bertz CT molecular complexity index is 894. The Morgan fingerprint density at radius 3 is 1.17 bits per heavy atom. The van der Waals surface area contributed by atoms with E-state index in [0.29, 0.717) is 0 Å². The van der Waals surface area contributed by atoms with Crippen LogP contribution in [0.5, 0.6) is 0 Å². The van der Waals surface area contributed by atoms with Gasteiger partial charge >= 0.3 is 0 Å². The van der Waals surface area contributed by atoms with Crippen LogP contribution >= 0.6 is 77.2 Å². The summed E-state index contributed by atoms with van der Waals surface area (Å²) in [6, 6.07) is 13.5. The predicted octanol–water partition coefficient (Wildman–Crippen LogP) is 9.08. The van der Waals surface area contributed by atoms with Crippen molar-refractivity contribution in [3.05, 3.63) is 55.1 Å². The molecule has 0 unspecified atom stereocenters. The second kappa shape index (κ2) is 6.82. The third-order valence-corrected chi connectivity index (χ3v) is 10.7. The molecule has 0 spiro atoms. The van der Waals surface area contributed by atoms with Crippen molar-refractivity contribution >= 4 is 77.2 Å². The first kappa shape index (κ1) is 17.2. The number of halogens is 2. The lowest BCUT2D eigenvalue weighted by atomic mass is 10.3. The Hall–Kier alpha value is -0.240. The maximum absolute atomic E-state index is 3.62. The largest absolute Gasteiger partial charge is 0.134 e. The van der Waals surface area contributed by atoms with Crippen molar-refractivity contribution in [1.29, 1.82) is 0 Å². The highest BCUT2D eigenvalue weighted by atomic mass is 79.9. The topological polar surface area (TPSA) is 0 Å². The second-order valence-corrected chi connectivity index (χ2v) is 12.4. The predicted molar refractivity (Wildman–Crippen MR) is 119 cm³/mol. The molecule has 122 valence electrons. The molecule has 0 saturated carbocycles. The molecule has 4 heterocycles. The van der Waals surface area contributed by atoms with Crippen molar-refractivity contribution in [1.82, 2.24) is 0 Å². The van der Waals surface area contributed by atoms with E-state index in [9.17, 15) is 0 Å². The first-order valence-electron chi connectivity index (χ1n) is 7.24. The van der Waals surface area contributed by atoms with Gasteiger partial charge in [0.15, 0.2) is 0 Å². The van der Waals surface area contributed by atoms with Crippen molar-refractivity contribution in [3.8, 4) is 29.3 Å². The second-order valence-electron chi connectivity index (χ2n) is 5.46. The molecule has 0 bridgehead atoms. The van der Waals surface area contributed by atoms with E-state index >= 15 is 0 Å². The van der Waals surface area contributed by atoms with E-state index in [1.165, 1.54) is 48.0 Å². The van der Waals surface area contributed by atoms with Gasteiger partial charge in [0, 0.05) is 29.3 Å². The summed E-state index contributed by atoms with van der Waals surface area (Å²) >= 11 is 14.6. The van der Waals surface area contributed by atoms with E-state index in [4.69, 9.17) is 0 Å². The molecule has 0 aliphatic rings. The molecule has 0 amide bonds. The number of rotatable bonds is 3. The monoisotopic (exact) mass is 514 g/mol. The molecule has 0 saturated heterocycles. The van der Waals surface area contributed by atoms with E-state index in [2.05, 4.69) is 82.1 Å². The highest BCUT2D eigenvalue weighted by Gasteiger charge is 2.12. The van der Waals surface area contributed by atoms with Gasteiger partial charge in [-0.15, -0.1) is 45.3 Å². The molecule has 0 aromatic carbocycles. The molecule has 0 radical (unpaired) electrons. The first-order valence-corrected chi connectivity index (χ1v) is 12.1. The SMILES string of the molecule is Cc1cc(-c2ccc(-c3ccc(-c4cc(C)c(Br)s4)s3)s2)sc1Br. The summed E-state index contributed by atoms with van der Waals surface area (Å²) < 4.78 is 2.45. The lowest BCUT2D eigenvalue weighted by Crippen LogP contribution is -1.60. The average Bonchev–Trinajstić information content (AvgIpc) is 3.29. The van der Waals surface area contributed by atoms with Crippen LogP contribution in [0.15, 0.2) is 44.0 Å². The Morgan fingerprint density at radius 1 is 0.542 bits per heavy atom. The lowest BCUT2D eigenvalue weighted by Gasteiger charge is -1.91. The molecule has 4 rings (SSSR count). The van der Waals surface area contributed by atoms with Crippen molar-refractivity contribution in [2.45, 2.75) is 13.8 Å². The van der Waals surface area contributed by atoms with Gasteiger partial charge in [-0.25, -0.2) is 0 Å². The Balaban J connectivity index is 1.65. The van der Waals surface area contributed by atoms with Crippen LogP contribution in [-0.2, 0) is 0 Å². The van der Waals surface area contributed by atoms with Gasteiger partial charge in [0.05, 0.1) is 7.57 Å². The van der Waals surface area contributed by atoms with Crippen LogP contribution < -0.4 is 0 Å². The number of hydrogen-bond donors (Lipinski definition) is 0. The van der Waals surface area contributed by atoms with Gasteiger partial charge in [-0.1, -0.05) is 0 Å². The molecule has 0 N–H and O–H groups in total. The summed E-state index contributed by atoms with van der Waals surface area (Å²) in [6.07, 6.45) is 0. The third-order valence-electron chi connectivity index (χ3n) is 3.65. The third kappa shape index (κ3) is 3.24. The smallest absolute Gasteiger partial charge is 0.0734 e. The molecule has 0 aliphatic carbocycles. The molecule has 0 fully saturated rings. The standard InChI is InChI=1S/C18H12Br2S4/c1-9-7-15(23-17(9)19)13-5-3-11(21-13)12-4-6-14(22-12)16-8-10(2)18(20)24-16/h3-8H,1-2H3.